The van der Waals surface area contributed by atoms with Gasteiger partial charge in [0.2, 0.25) is 0 Å². The predicted octanol–water partition coefficient (Wildman–Crippen LogP) is 6.28. The molecule has 27 heavy (non-hydrogen) atoms. The number of hydrogen-bond acceptors (Lipinski definition) is 2. The first-order chi connectivity index (χ1) is 13.0. The summed E-state index contributed by atoms with van der Waals surface area (Å²) in [6, 6.07) is 13.7. The van der Waals surface area contributed by atoms with Crippen LogP contribution in [-0.4, -0.2) is 12.4 Å². The highest BCUT2D eigenvalue weighted by Gasteiger charge is 2.17. The number of aryl methyl sites for hydroxylation is 1. The van der Waals surface area contributed by atoms with Crippen molar-refractivity contribution >= 4 is 34.6 Å². The van der Waals surface area contributed by atoms with E-state index in [9.17, 15) is 4.79 Å². The molecule has 1 aliphatic rings. The minimum Gasteiger partial charge on any atom is -0.488 e. The Labute approximate surface area is 169 Å². The second-order valence-electron chi connectivity index (χ2n) is 6.08. The zero-order valence-corrected chi connectivity index (χ0v) is 16.3. The highest BCUT2D eigenvalue weighted by atomic mass is 35.5. The molecule has 2 aromatic rings. The fraction of sp³-hybridized carbons (Fsp3) is 0.0870. The Morgan fingerprint density at radius 2 is 1.93 bits per heavy atom. The first-order valence-corrected chi connectivity index (χ1v) is 9.20. The van der Waals surface area contributed by atoms with E-state index in [0.29, 0.717) is 17.4 Å². The molecule has 0 radical (unpaired) electrons. The van der Waals surface area contributed by atoms with E-state index in [4.69, 9.17) is 27.9 Å². The summed E-state index contributed by atoms with van der Waals surface area (Å²) >= 11 is 12.5. The maximum Gasteiger partial charge on any atom is 0.197 e. The van der Waals surface area contributed by atoms with Gasteiger partial charge in [-0.1, -0.05) is 72.3 Å². The smallest absolute Gasteiger partial charge is 0.197 e. The molecule has 0 saturated heterocycles. The van der Waals surface area contributed by atoms with Crippen LogP contribution in [0.15, 0.2) is 84.0 Å². The van der Waals surface area contributed by atoms with Gasteiger partial charge in [0.15, 0.2) is 5.78 Å². The second kappa shape index (κ2) is 8.43. The van der Waals surface area contributed by atoms with Gasteiger partial charge in [0.25, 0.3) is 0 Å². The number of rotatable bonds is 5. The maximum absolute atomic E-state index is 11.7. The molecule has 0 aliphatic heterocycles. The van der Waals surface area contributed by atoms with Gasteiger partial charge in [-0.15, -0.1) is 0 Å². The van der Waals surface area contributed by atoms with Crippen LogP contribution in [0.25, 0.3) is 5.57 Å². The molecule has 0 aromatic heterocycles. The van der Waals surface area contributed by atoms with Gasteiger partial charge in [-0.2, -0.15) is 0 Å². The average molecular weight is 397 g/mol. The van der Waals surface area contributed by atoms with E-state index in [1.807, 2.05) is 49.4 Å². The highest BCUT2D eigenvalue weighted by molar-refractivity contribution is 6.45. The zero-order chi connectivity index (χ0) is 19.4. The summed E-state index contributed by atoms with van der Waals surface area (Å²) in [4.78, 5) is 11.7. The standard InChI is InChI=1S/C23H18Cl2O2/c1-3-12-27-22-11-9-17(14-20(22)25)23(18-7-5-4-6-15(18)2)16-8-10-21(26)19(24)13-16/h3-11,13-14H,1,12H2,2H3/b23-16-. The van der Waals surface area contributed by atoms with Crippen molar-refractivity contribution in [1.82, 2.24) is 0 Å². The van der Waals surface area contributed by atoms with Gasteiger partial charge in [0.1, 0.15) is 12.4 Å². The molecule has 136 valence electrons. The van der Waals surface area contributed by atoms with Crippen molar-refractivity contribution in [2.24, 2.45) is 0 Å². The van der Waals surface area contributed by atoms with Crippen molar-refractivity contribution in [2.75, 3.05) is 6.61 Å². The number of carbonyl (C=O) groups excluding carboxylic acids is 1. The third-order valence-electron chi connectivity index (χ3n) is 4.21. The molecule has 0 N–H and O–H groups in total. The van der Waals surface area contributed by atoms with Crippen LogP contribution in [0.5, 0.6) is 5.75 Å². The minimum absolute atomic E-state index is 0.190. The predicted molar refractivity (Wildman–Crippen MR) is 112 cm³/mol. The van der Waals surface area contributed by atoms with Crippen LogP contribution in [0.1, 0.15) is 16.7 Å². The van der Waals surface area contributed by atoms with E-state index >= 15 is 0 Å². The van der Waals surface area contributed by atoms with Gasteiger partial charge < -0.3 is 4.74 Å². The quantitative estimate of drug-likeness (QED) is 0.556. The largest absolute Gasteiger partial charge is 0.488 e. The summed E-state index contributed by atoms with van der Waals surface area (Å²) in [5.41, 5.74) is 4.87. The van der Waals surface area contributed by atoms with E-state index in [1.54, 1.807) is 18.2 Å². The summed E-state index contributed by atoms with van der Waals surface area (Å²) < 4.78 is 5.57. The fourth-order valence-electron chi connectivity index (χ4n) is 2.91. The molecule has 0 fully saturated rings. The Balaban J connectivity index is 2.19. The lowest BCUT2D eigenvalue weighted by atomic mass is 9.88. The summed E-state index contributed by atoms with van der Waals surface area (Å²) in [6.45, 7) is 6.07. The van der Waals surface area contributed by atoms with Crippen molar-refractivity contribution in [3.8, 4) is 5.75 Å². The van der Waals surface area contributed by atoms with Crippen molar-refractivity contribution in [3.05, 3.63) is 106 Å². The summed E-state index contributed by atoms with van der Waals surface area (Å²) in [7, 11) is 0. The summed E-state index contributed by atoms with van der Waals surface area (Å²) in [6.07, 6.45) is 6.63. The molecule has 0 spiro atoms. The molecule has 3 rings (SSSR count). The number of hydrogen-bond donors (Lipinski definition) is 0. The maximum atomic E-state index is 11.7. The first kappa shape index (κ1) is 19.2. The highest BCUT2D eigenvalue weighted by Crippen LogP contribution is 2.36. The van der Waals surface area contributed by atoms with Gasteiger partial charge in [-0.25, -0.2) is 0 Å². The third kappa shape index (κ3) is 4.24. The van der Waals surface area contributed by atoms with Crippen molar-refractivity contribution in [3.63, 3.8) is 0 Å². The normalized spacial score (nSPS) is 15.4. The molecule has 0 heterocycles. The van der Waals surface area contributed by atoms with Gasteiger partial charge in [0, 0.05) is 0 Å². The third-order valence-corrected chi connectivity index (χ3v) is 4.80. The van der Waals surface area contributed by atoms with E-state index in [0.717, 1.165) is 27.8 Å². The molecule has 0 atom stereocenters. The van der Waals surface area contributed by atoms with Crippen LogP contribution in [0.4, 0.5) is 0 Å². The lowest BCUT2D eigenvalue weighted by Gasteiger charge is -2.17. The van der Waals surface area contributed by atoms with E-state index in [-0.39, 0.29) is 10.8 Å². The number of ketones is 1. The van der Waals surface area contributed by atoms with Crippen LogP contribution >= 0.6 is 23.2 Å². The van der Waals surface area contributed by atoms with Crippen molar-refractivity contribution in [1.29, 1.82) is 0 Å². The molecular formula is C23H18Cl2O2. The Kier molecular flexibility index (Phi) is 6.00. The van der Waals surface area contributed by atoms with Crippen LogP contribution in [0.2, 0.25) is 5.02 Å². The van der Waals surface area contributed by atoms with Crippen LogP contribution in [-0.2, 0) is 4.79 Å². The van der Waals surface area contributed by atoms with Crippen LogP contribution in [0.3, 0.4) is 0 Å². The summed E-state index contributed by atoms with van der Waals surface area (Å²) in [5.74, 6) is 0.396. The minimum atomic E-state index is -0.198. The Morgan fingerprint density at radius 1 is 1.15 bits per heavy atom. The molecule has 0 unspecified atom stereocenters. The molecule has 2 aromatic carbocycles. The molecule has 2 nitrogen and oxygen atoms in total. The van der Waals surface area contributed by atoms with E-state index in [1.165, 1.54) is 6.08 Å². The number of halogens is 2. The molecule has 0 amide bonds. The van der Waals surface area contributed by atoms with Crippen LogP contribution < -0.4 is 4.74 Å². The van der Waals surface area contributed by atoms with Crippen molar-refractivity contribution in [2.45, 2.75) is 6.92 Å². The van der Waals surface area contributed by atoms with Gasteiger partial charge in [-0.3, -0.25) is 4.79 Å². The molecular weight excluding hydrogens is 379 g/mol. The zero-order valence-electron chi connectivity index (χ0n) is 14.8. The number of benzene rings is 2. The van der Waals surface area contributed by atoms with Gasteiger partial charge in [0.05, 0.1) is 10.1 Å². The molecule has 0 bridgehead atoms. The molecule has 1 aliphatic carbocycles. The van der Waals surface area contributed by atoms with E-state index < -0.39 is 0 Å². The molecule has 0 saturated carbocycles. The lowest BCUT2D eigenvalue weighted by molar-refractivity contribution is -0.110. The van der Waals surface area contributed by atoms with Gasteiger partial charge >= 0.3 is 0 Å². The summed E-state index contributed by atoms with van der Waals surface area (Å²) in [5, 5.41) is 0.697. The lowest BCUT2D eigenvalue weighted by Crippen LogP contribution is -2.02. The Morgan fingerprint density at radius 3 is 2.59 bits per heavy atom. The Hall–Kier alpha value is -2.55. The van der Waals surface area contributed by atoms with Gasteiger partial charge in [-0.05, 0) is 59.0 Å². The SMILES string of the molecule is C=CCOc1ccc(/C(=C2\C=CC(=O)C(Cl)=C2)c2ccccc2C)cc1Cl. The number of carbonyl (C=O) groups is 1. The first-order valence-electron chi connectivity index (χ1n) is 8.44. The van der Waals surface area contributed by atoms with Crippen molar-refractivity contribution < 1.29 is 9.53 Å². The number of ether oxygens (including phenoxy) is 1. The fourth-order valence-corrected chi connectivity index (χ4v) is 3.33. The average Bonchev–Trinajstić information content (AvgIpc) is 2.66. The van der Waals surface area contributed by atoms with E-state index in [2.05, 4.69) is 6.58 Å². The topological polar surface area (TPSA) is 26.3 Å². The Bertz CT molecular complexity index is 997. The molecule has 4 heteroatoms. The monoisotopic (exact) mass is 396 g/mol. The second-order valence-corrected chi connectivity index (χ2v) is 6.89. The van der Waals surface area contributed by atoms with Crippen LogP contribution in [0, 0.1) is 6.92 Å². The number of allylic oxidation sites excluding steroid dienone is 5.